The molecule has 0 aromatic heterocycles. The number of thioether (sulfide) groups is 1. The van der Waals surface area contributed by atoms with Crippen LogP contribution in [0.25, 0.3) is 0 Å². The summed E-state index contributed by atoms with van der Waals surface area (Å²) in [5.41, 5.74) is 8.33. The molecule has 3 aromatic carbocycles. The fraction of sp³-hybridized carbons (Fsp3) is 0.185. The third-order valence-corrected chi connectivity index (χ3v) is 7.28. The van der Waals surface area contributed by atoms with Crippen LogP contribution in [0.4, 0.5) is 4.39 Å². The van der Waals surface area contributed by atoms with Gasteiger partial charge >= 0.3 is 5.97 Å². The fourth-order valence-corrected chi connectivity index (χ4v) is 5.43. The number of esters is 1. The molecule has 2 aliphatic heterocycles. The quantitative estimate of drug-likeness (QED) is 0.362. The van der Waals surface area contributed by atoms with Crippen molar-refractivity contribution in [1.82, 2.24) is 4.90 Å². The second-order valence-corrected chi connectivity index (χ2v) is 9.35. The van der Waals surface area contributed by atoms with Crippen LogP contribution < -0.4 is 10.5 Å². The predicted octanol–water partition coefficient (Wildman–Crippen LogP) is 4.46. The van der Waals surface area contributed by atoms with E-state index in [0.29, 0.717) is 17.1 Å². The zero-order valence-electron chi connectivity index (χ0n) is 19.1. The fourth-order valence-electron chi connectivity index (χ4n) is 4.15. The third-order valence-electron chi connectivity index (χ3n) is 5.92. The number of hydrogen-bond acceptors (Lipinski definition) is 6. The smallest absolute Gasteiger partial charge is 0.356 e. The van der Waals surface area contributed by atoms with Gasteiger partial charge in [-0.1, -0.05) is 66.7 Å². The molecule has 3 aromatic rings. The van der Waals surface area contributed by atoms with Crippen molar-refractivity contribution < 1.29 is 23.5 Å². The van der Waals surface area contributed by atoms with Crippen molar-refractivity contribution in [2.24, 2.45) is 5.73 Å². The average molecular weight is 527 g/mol. The lowest BCUT2D eigenvalue weighted by molar-refractivity contribution is -0.153. The van der Waals surface area contributed by atoms with Gasteiger partial charge < -0.3 is 15.2 Å². The molecule has 2 aliphatic rings. The van der Waals surface area contributed by atoms with E-state index >= 15 is 0 Å². The van der Waals surface area contributed by atoms with Gasteiger partial charge in [0.1, 0.15) is 35.3 Å². The van der Waals surface area contributed by atoms with Gasteiger partial charge in [-0.05, 0) is 23.3 Å². The lowest BCUT2D eigenvalue weighted by Gasteiger charge is -2.48. The zero-order valence-corrected chi connectivity index (χ0v) is 20.7. The minimum atomic E-state index is -0.674. The van der Waals surface area contributed by atoms with E-state index in [1.807, 2.05) is 60.7 Å². The number of halogens is 2. The Morgan fingerprint density at radius 3 is 2.28 bits per heavy atom. The van der Waals surface area contributed by atoms with Crippen LogP contribution in [-0.2, 0) is 14.3 Å². The Labute approximate surface area is 218 Å². The third kappa shape index (κ3) is 5.11. The molecule has 186 valence electrons. The van der Waals surface area contributed by atoms with Crippen LogP contribution in [-0.4, -0.2) is 40.6 Å². The molecule has 0 aliphatic carbocycles. The van der Waals surface area contributed by atoms with Crippen molar-refractivity contribution in [3.8, 4) is 5.75 Å². The van der Waals surface area contributed by atoms with E-state index in [-0.39, 0.29) is 36.0 Å². The molecule has 9 heteroatoms. The number of β-lactam (4-membered cyclic amide) rings is 1. The number of carbonyl (C=O) groups is 2. The van der Waals surface area contributed by atoms with Crippen LogP contribution in [0.3, 0.4) is 0 Å². The van der Waals surface area contributed by atoms with Gasteiger partial charge in [0.25, 0.3) is 0 Å². The van der Waals surface area contributed by atoms with Gasteiger partial charge in [-0.25, -0.2) is 9.18 Å². The van der Waals surface area contributed by atoms with Crippen LogP contribution in [0, 0.1) is 5.82 Å². The molecule has 1 fully saturated rings. The molecule has 0 spiro atoms. The minimum Gasteiger partial charge on any atom is -0.489 e. The van der Waals surface area contributed by atoms with Crippen LogP contribution >= 0.6 is 24.2 Å². The van der Waals surface area contributed by atoms with E-state index in [1.54, 1.807) is 12.1 Å². The highest BCUT2D eigenvalue weighted by Crippen LogP contribution is 2.41. The molecule has 1 saturated heterocycles. The Balaban J connectivity index is 0.00000304. The van der Waals surface area contributed by atoms with Gasteiger partial charge in [0, 0.05) is 17.4 Å². The molecule has 0 saturated carbocycles. The lowest BCUT2D eigenvalue weighted by atomic mass is 10.0. The molecule has 0 radical (unpaired) electrons. The van der Waals surface area contributed by atoms with Crippen molar-refractivity contribution in [1.29, 1.82) is 0 Å². The molecule has 1 unspecified atom stereocenters. The first-order chi connectivity index (χ1) is 17.0. The number of amides is 1. The molecule has 0 bridgehead atoms. The van der Waals surface area contributed by atoms with Crippen molar-refractivity contribution in [2.45, 2.75) is 17.5 Å². The van der Waals surface area contributed by atoms with Crippen LogP contribution in [0.1, 0.15) is 17.2 Å². The van der Waals surface area contributed by atoms with E-state index < -0.39 is 23.9 Å². The first-order valence-corrected chi connectivity index (χ1v) is 12.2. The summed E-state index contributed by atoms with van der Waals surface area (Å²) in [6.45, 7) is 0.00790. The monoisotopic (exact) mass is 526 g/mol. The van der Waals surface area contributed by atoms with E-state index in [4.69, 9.17) is 15.2 Å². The number of hydrogen-bond donors (Lipinski definition) is 1. The van der Waals surface area contributed by atoms with Crippen LogP contribution in [0.5, 0.6) is 5.75 Å². The lowest BCUT2D eigenvalue weighted by Crippen LogP contribution is -2.68. The largest absolute Gasteiger partial charge is 0.489 e. The molecular formula is C27H24ClFN2O4S. The van der Waals surface area contributed by atoms with Crippen molar-refractivity contribution >= 4 is 36.0 Å². The summed E-state index contributed by atoms with van der Waals surface area (Å²) in [6, 6.07) is 23.9. The van der Waals surface area contributed by atoms with Gasteiger partial charge in [-0.2, -0.15) is 0 Å². The molecular weight excluding hydrogens is 503 g/mol. The summed E-state index contributed by atoms with van der Waals surface area (Å²) in [4.78, 5) is 27.7. The number of carbonyl (C=O) groups excluding carboxylic acids is 2. The van der Waals surface area contributed by atoms with Crippen LogP contribution in [0.15, 0.2) is 96.2 Å². The van der Waals surface area contributed by atoms with Crippen molar-refractivity contribution in [2.75, 3.05) is 12.4 Å². The molecule has 2 N–H and O–H groups in total. The number of rotatable bonds is 7. The van der Waals surface area contributed by atoms with Gasteiger partial charge in [-0.15, -0.1) is 24.2 Å². The maximum atomic E-state index is 13.6. The maximum Gasteiger partial charge on any atom is 0.356 e. The first kappa shape index (κ1) is 25.8. The Hall–Kier alpha value is -3.33. The Bertz CT molecular complexity index is 1240. The summed E-state index contributed by atoms with van der Waals surface area (Å²) >= 11 is 1.46. The van der Waals surface area contributed by atoms with Gasteiger partial charge in [0.15, 0.2) is 6.10 Å². The van der Waals surface area contributed by atoms with E-state index in [0.717, 1.165) is 11.1 Å². The zero-order chi connectivity index (χ0) is 24.4. The molecule has 1 amide bonds. The van der Waals surface area contributed by atoms with Gasteiger partial charge in [0.05, 0.1) is 0 Å². The summed E-state index contributed by atoms with van der Waals surface area (Å²) in [6.07, 6.45) is -0.666. The Morgan fingerprint density at radius 1 is 1.03 bits per heavy atom. The number of benzene rings is 3. The summed E-state index contributed by atoms with van der Waals surface area (Å²) in [7, 11) is 0. The minimum absolute atomic E-state index is 0. The Kier molecular flexibility index (Phi) is 7.98. The van der Waals surface area contributed by atoms with Gasteiger partial charge in [0.2, 0.25) is 5.91 Å². The average Bonchev–Trinajstić information content (AvgIpc) is 2.90. The SMILES string of the molecule is Cl.NC1C(=O)N2C(C(=O)OC(c3ccccc3)c3ccccc3)=C(COc3cccc(F)c3)CS[C@H]12. The number of fused-ring (bicyclic) bond motifs is 1. The van der Waals surface area contributed by atoms with E-state index in [9.17, 15) is 14.0 Å². The Morgan fingerprint density at radius 2 is 1.67 bits per heavy atom. The van der Waals surface area contributed by atoms with E-state index in [1.165, 1.54) is 28.8 Å². The van der Waals surface area contributed by atoms with Crippen molar-refractivity contribution in [3.63, 3.8) is 0 Å². The maximum absolute atomic E-state index is 13.6. The molecule has 2 heterocycles. The first-order valence-electron chi connectivity index (χ1n) is 11.1. The summed E-state index contributed by atoms with van der Waals surface area (Å²) in [5, 5.41) is -0.338. The summed E-state index contributed by atoms with van der Waals surface area (Å²) in [5.74, 6) is -0.634. The normalized spacial score (nSPS) is 18.8. The molecule has 6 nitrogen and oxygen atoms in total. The van der Waals surface area contributed by atoms with Crippen molar-refractivity contribution in [3.05, 3.63) is 113 Å². The highest BCUT2D eigenvalue weighted by molar-refractivity contribution is 8.00. The number of nitrogens with zero attached hydrogens (tertiary/aromatic N) is 1. The molecule has 5 rings (SSSR count). The number of nitrogens with two attached hydrogens (primary N) is 1. The number of ether oxygens (including phenoxy) is 2. The standard InChI is InChI=1S/C27H23FN2O4S.ClH/c28-20-12-7-13-21(14-20)33-15-19-16-35-26-22(29)25(31)30(26)23(19)27(32)34-24(17-8-3-1-4-9-17)18-10-5-2-6-11-18;/h1-14,22,24,26H,15-16,29H2;1H/t22?,26-;/m1./s1. The van der Waals surface area contributed by atoms with E-state index in [2.05, 4.69) is 0 Å². The highest BCUT2D eigenvalue weighted by atomic mass is 35.5. The molecule has 2 atom stereocenters. The molecule has 36 heavy (non-hydrogen) atoms. The summed E-state index contributed by atoms with van der Waals surface area (Å²) < 4.78 is 25.4. The van der Waals surface area contributed by atoms with Gasteiger partial charge in [-0.3, -0.25) is 9.69 Å². The second kappa shape index (κ2) is 11.2. The topological polar surface area (TPSA) is 81.9 Å². The predicted molar refractivity (Wildman–Crippen MR) is 138 cm³/mol. The second-order valence-electron chi connectivity index (χ2n) is 8.24. The highest BCUT2D eigenvalue weighted by Gasteiger charge is 2.52. The van der Waals surface area contributed by atoms with Crippen LogP contribution in [0.2, 0.25) is 0 Å².